The van der Waals surface area contributed by atoms with Crippen molar-refractivity contribution in [3.8, 4) is 0 Å². The number of fused-ring (bicyclic) bond motifs is 2. The predicted octanol–water partition coefficient (Wildman–Crippen LogP) is -0.723. The van der Waals surface area contributed by atoms with E-state index in [1.165, 1.54) is 0 Å². The molecule has 0 saturated carbocycles. The van der Waals surface area contributed by atoms with E-state index in [-0.39, 0.29) is 13.0 Å². The van der Waals surface area contributed by atoms with E-state index in [0.29, 0.717) is 5.69 Å². The summed E-state index contributed by atoms with van der Waals surface area (Å²) in [6, 6.07) is 2.69. The maximum absolute atomic E-state index is 11.1. The third-order valence-corrected chi connectivity index (χ3v) is 5.01. The van der Waals surface area contributed by atoms with Gasteiger partial charge in [-0.1, -0.05) is 0 Å². The van der Waals surface area contributed by atoms with Crippen LogP contribution in [-0.2, 0) is 14.0 Å². The molecule has 1 aromatic rings. The average Bonchev–Trinajstić information content (AvgIpc) is 2.91. The Morgan fingerprint density at radius 2 is 2.04 bits per heavy atom. The van der Waals surface area contributed by atoms with E-state index in [1.807, 2.05) is 0 Å². The first-order valence-corrected chi connectivity index (χ1v) is 8.97. The summed E-state index contributed by atoms with van der Waals surface area (Å²) in [7, 11) is -4.24. The number of aliphatic hydroxyl groups is 2. The Labute approximate surface area is 132 Å². The largest absolute Gasteiger partial charge is 0.388 e. The summed E-state index contributed by atoms with van der Waals surface area (Å²) in [6.45, 7) is -0.0373. The lowest BCUT2D eigenvalue weighted by Crippen LogP contribution is -2.63. The van der Waals surface area contributed by atoms with Gasteiger partial charge >= 0.3 is 7.60 Å². The van der Waals surface area contributed by atoms with E-state index in [9.17, 15) is 14.8 Å². The van der Waals surface area contributed by atoms with Gasteiger partial charge in [-0.3, -0.25) is 9.55 Å². The topological polar surface area (TPSA) is 141 Å². The highest BCUT2D eigenvalue weighted by molar-refractivity contribution is 7.51. The van der Waals surface area contributed by atoms with Crippen molar-refractivity contribution in [2.45, 2.75) is 36.6 Å². The fourth-order valence-corrected chi connectivity index (χ4v) is 3.60. The fraction of sp³-hybridized carbons (Fsp3) is 0.615. The van der Waals surface area contributed by atoms with Crippen molar-refractivity contribution >= 4 is 13.3 Å². The van der Waals surface area contributed by atoms with E-state index in [4.69, 9.17) is 19.3 Å². The van der Waals surface area contributed by atoms with Crippen molar-refractivity contribution in [2.75, 3.05) is 18.1 Å². The lowest BCUT2D eigenvalue weighted by Gasteiger charge is -2.43. The van der Waals surface area contributed by atoms with Crippen LogP contribution < -0.4 is 5.32 Å². The predicted molar refractivity (Wildman–Crippen MR) is 78.7 cm³/mol. The monoisotopic (exact) mass is 346 g/mol. The molecule has 2 aliphatic rings. The second kappa shape index (κ2) is 6.10. The summed E-state index contributed by atoms with van der Waals surface area (Å²) in [5.41, 5.74) is -0.625. The van der Waals surface area contributed by atoms with Gasteiger partial charge in [0.15, 0.2) is 6.29 Å². The lowest BCUT2D eigenvalue weighted by molar-refractivity contribution is -0.215. The number of pyridine rings is 1. The first-order valence-electron chi connectivity index (χ1n) is 7.17. The molecule has 0 spiro atoms. The van der Waals surface area contributed by atoms with Crippen molar-refractivity contribution in [1.82, 2.24) is 4.98 Å². The summed E-state index contributed by atoms with van der Waals surface area (Å²) in [5, 5.41) is 23.8. The summed E-state index contributed by atoms with van der Waals surface area (Å²) in [5.74, 6) is 0. The third-order valence-electron chi connectivity index (χ3n) is 4.21. The molecule has 0 aromatic carbocycles. The molecule has 5 atom stereocenters. The molecule has 2 bridgehead atoms. The molecule has 10 heteroatoms. The van der Waals surface area contributed by atoms with E-state index in [1.54, 1.807) is 24.5 Å². The van der Waals surface area contributed by atoms with Gasteiger partial charge in [0.05, 0.1) is 12.8 Å². The smallest absolute Gasteiger partial charge is 0.325 e. The summed E-state index contributed by atoms with van der Waals surface area (Å²) < 4.78 is 22.3. The molecule has 23 heavy (non-hydrogen) atoms. The average molecular weight is 346 g/mol. The SMILES string of the molecule is O=P(O)(O)CC[C@@]12CO[C@@H](O1)[C@@H](Nc1ccncc1)[C@@H](O)[C@@H]2O. The summed E-state index contributed by atoms with van der Waals surface area (Å²) in [4.78, 5) is 21.9. The Hall–Kier alpha value is -1.06. The fourth-order valence-electron chi connectivity index (χ4n) is 2.93. The van der Waals surface area contributed by atoms with Gasteiger partial charge in [0.25, 0.3) is 0 Å². The molecule has 3 heterocycles. The first kappa shape index (κ1) is 16.8. The summed E-state index contributed by atoms with van der Waals surface area (Å²) >= 11 is 0. The highest BCUT2D eigenvalue weighted by atomic mass is 31.2. The number of aliphatic hydroxyl groups excluding tert-OH is 2. The molecule has 0 aliphatic carbocycles. The van der Waals surface area contributed by atoms with Crippen LogP contribution in [0.5, 0.6) is 0 Å². The number of hydrogen-bond acceptors (Lipinski definition) is 7. The zero-order valence-electron chi connectivity index (χ0n) is 12.1. The lowest BCUT2D eigenvalue weighted by atomic mass is 9.86. The molecule has 3 rings (SSSR count). The van der Waals surface area contributed by atoms with Crippen molar-refractivity contribution in [2.24, 2.45) is 0 Å². The summed E-state index contributed by atoms with van der Waals surface area (Å²) in [6.07, 6.45) is -0.751. The maximum Gasteiger partial charge on any atom is 0.325 e. The minimum absolute atomic E-state index is 0.0373. The van der Waals surface area contributed by atoms with Gasteiger partial charge in [-0.2, -0.15) is 0 Å². The number of ether oxygens (including phenoxy) is 2. The molecule has 1 aromatic heterocycles. The van der Waals surface area contributed by atoms with Crippen LogP contribution in [0.3, 0.4) is 0 Å². The van der Waals surface area contributed by atoms with Crippen molar-refractivity contribution in [3.05, 3.63) is 24.5 Å². The highest BCUT2D eigenvalue weighted by Gasteiger charge is 2.59. The van der Waals surface area contributed by atoms with E-state index in [2.05, 4.69) is 10.3 Å². The molecule has 2 saturated heterocycles. The van der Waals surface area contributed by atoms with Crippen molar-refractivity contribution in [1.29, 1.82) is 0 Å². The van der Waals surface area contributed by atoms with Gasteiger partial charge < -0.3 is 34.8 Å². The Morgan fingerprint density at radius 3 is 2.70 bits per heavy atom. The molecule has 2 aliphatic heterocycles. The molecular formula is C13H19N2O7P. The van der Waals surface area contributed by atoms with Crippen LogP contribution in [0.1, 0.15) is 6.42 Å². The third kappa shape index (κ3) is 3.41. The minimum Gasteiger partial charge on any atom is -0.388 e. The van der Waals surface area contributed by atoms with Crippen molar-refractivity contribution in [3.63, 3.8) is 0 Å². The second-order valence-electron chi connectivity index (χ2n) is 5.84. The molecule has 2 fully saturated rings. The molecule has 5 N–H and O–H groups in total. The maximum atomic E-state index is 11.1. The number of aromatic nitrogens is 1. The van der Waals surface area contributed by atoms with Gasteiger partial charge in [-0.05, 0) is 18.6 Å². The van der Waals surface area contributed by atoms with Gasteiger partial charge in [0.1, 0.15) is 23.9 Å². The number of anilines is 1. The Balaban J connectivity index is 1.74. The second-order valence-corrected chi connectivity index (χ2v) is 7.62. The Kier molecular flexibility index (Phi) is 4.45. The van der Waals surface area contributed by atoms with E-state index in [0.717, 1.165) is 0 Å². The van der Waals surface area contributed by atoms with Gasteiger partial charge in [0, 0.05) is 18.1 Å². The van der Waals surface area contributed by atoms with Gasteiger partial charge in [0.2, 0.25) is 0 Å². The van der Waals surface area contributed by atoms with Crippen LogP contribution in [0.25, 0.3) is 0 Å². The number of rotatable bonds is 5. The zero-order chi connectivity index (χ0) is 16.7. The normalized spacial score (nSPS) is 36.9. The number of nitrogens with zero attached hydrogens (tertiary/aromatic N) is 1. The van der Waals surface area contributed by atoms with Crippen LogP contribution in [-0.4, -0.2) is 67.9 Å². The van der Waals surface area contributed by atoms with E-state index >= 15 is 0 Å². The first-order chi connectivity index (χ1) is 10.8. The molecule has 128 valence electrons. The van der Waals surface area contributed by atoms with Crippen LogP contribution in [0.2, 0.25) is 0 Å². The molecule has 0 unspecified atom stereocenters. The Bertz CT molecular complexity index is 597. The van der Waals surface area contributed by atoms with E-state index < -0.39 is 43.9 Å². The van der Waals surface area contributed by atoms with Crippen LogP contribution in [0.4, 0.5) is 5.69 Å². The van der Waals surface area contributed by atoms with Crippen molar-refractivity contribution < 1.29 is 34.0 Å². The standard InChI is InChI=1S/C13H19N2O7P/c16-10-9(15-8-1-4-14-5-2-8)12-21-7-13(22-12,11(10)17)3-6-23(18,19)20/h1-2,4-5,9-12,16-17H,3,6-7H2,(H,14,15)(H2,18,19,20)/t9-,10+,11-,12-,13-/m0/s1. The zero-order valence-corrected chi connectivity index (χ0v) is 13.0. The molecule has 0 radical (unpaired) electrons. The molecular weight excluding hydrogens is 327 g/mol. The molecule has 0 amide bonds. The minimum atomic E-state index is -4.24. The van der Waals surface area contributed by atoms with Gasteiger partial charge in [-0.25, -0.2) is 0 Å². The number of hydrogen-bond donors (Lipinski definition) is 5. The Morgan fingerprint density at radius 1 is 1.35 bits per heavy atom. The quantitative estimate of drug-likeness (QED) is 0.437. The van der Waals surface area contributed by atoms with Crippen LogP contribution >= 0.6 is 7.60 Å². The molecule has 9 nitrogen and oxygen atoms in total. The van der Waals surface area contributed by atoms with Crippen LogP contribution in [0, 0.1) is 0 Å². The number of nitrogens with one attached hydrogen (secondary N) is 1. The van der Waals surface area contributed by atoms with Crippen LogP contribution in [0.15, 0.2) is 24.5 Å². The highest BCUT2D eigenvalue weighted by Crippen LogP contribution is 2.44. The van der Waals surface area contributed by atoms with Gasteiger partial charge in [-0.15, -0.1) is 0 Å².